The van der Waals surface area contributed by atoms with Crippen molar-refractivity contribution in [2.45, 2.75) is 32.4 Å². The van der Waals surface area contributed by atoms with Gasteiger partial charge in [0.05, 0.1) is 12.8 Å². The number of methoxy groups -OCH3 is 1. The maximum Gasteiger partial charge on any atom is 0.331 e. The third-order valence-electron chi connectivity index (χ3n) is 4.74. The first-order chi connectivity index (χ1) is 13.9. The van der Waals surface area contributed by atoms with Crippen LogP contribution in [0, 0.1) is 6.92 Å². The minimum atomic E-state index is -0.599. The van der Waals surface area contributed by atoms with Gasteiger partial charge in [-0.1, -0.05) is 23.7 Å². The quantitative estimate of drug-likeness (QED) is 0.487. The number of nitrogens with zero attached hydrogens (tertiary/aromatic N) is 3. The Morgan fingerprint density at radius 2 is 2.00 bits per heavy atom. The average molecular weight is 418 g/mol. The summed E-state index contributed by atoms with van der Waals surface area (Å²) in [6, 6.07) is 7.78. The van der Waals surface area contributed by atoms with Gasteiger partial charge in [0.1, 0.15) is 10.9 Å². The fraction of sp³-hybridized carbons (Fsp3) is 0.381. The second-order valence-corrected chi connectivity index (χ2v) is 7.31. The highest BCUT2D eigenvalue weighted by atomic mass is 35.5. The van der Waals surface area contributed by atoms with E-state index in [4.69, 9.17) is 21.1 Å². The van der Waals surface area contributed by atoms with Gasteiger partial charge in [0.25, 0.3) is 5.91 Å². The standard InChI is InChI=1S/C21H24ClN3O4/c1-14-18(21(22)24(2)23-14)10-11-20(27)29-13-19(26)25(16-6-7-16)12-15-4-8-17(28-3)9-5-15/h4-5,8-11,16H,6-7,12-13H2,1-3H3/b11-10+. The number of esters is 1. The van der Waals surface area contributed by atoms with Gasteiger partial charge in [0.15, 0.2) is 6.61 Å². The fourth-order valence-electron chi connectivity index (χ4n) is 2.99. The molecule has 0 atom stereocenters. The third kappa shape index (κ3) is 5.38. The minimum absolute atomic E-state index is 0.204. The summed E-state index contributed by atoms with van der Waals surface area (Å²) in [5, 5.41) is 4.61. The molecule has 0 spiro atoms. The maximum atomic E-state index is 12.6. The topological polar surface area (TPSA) is 73.7 Å². The van der Waals surface area contributed by atoms with Crippen LogP contribution in [-0.2, 0) is 27.9 Å². The zero-order valence-electron chi connectivity index (χ0n) is 16.7. The molecule has 1 heterocycles. The Morgan fingerprint density at radius 3 is 2.55 bits per heavy atom. The van der Waals surface area contributed by atoms with E-state index in [1.54, 1.807) is 32.1 Å². The lowest BCUT2D eigenvalue weighted by Crippen LogP contribution is -2.35. The van der Waals surface area contributed by atoms with Crippen LogP contribution in [0.25, 0.3) is 6.08 Å². The van der Waals surface area contributed by atoms with Gasteiger partial charge in [-0.25, -0.2) is 4.79 Å². The first-order valence-corrected chi connectivity index (χ1v) is 9.73. The maximum absolute atomic E-state index is 12.6. The molecule has 1 saturated carbocycles. The molecule has 29 heavy (non-hydrogen) atoms. The summed E-state index contributed by atoms with van der Waals surface area (Å²) in [6.45, 7) is 1.98. The van der Waals surface area contributed by atoms with E-state index in [1.165, 1.54) is 10.8 Å². The molecule has 1 amide bonds. The molecule has 0 bridgehead atoms. The second-order valence-electron chi connectivity index (χ2n) is 6.96. The molecule has 1 aromatic heterocycles. The van der Waals surface area contributed by atoms with Crippen LogP contribution >= 0.6 is 11.6 Å². The van der Waals surface area contributed by atoms with Crippen molar-refractivity contribution in [1.82, 2.24) is 14.7 Å². The Hall–Kier alpha value is -2.80. The van der Waals surface area contributed by atoms with Crippen LogP contribution in [0.15, 0.2) is 30.3 Å². The molecule has 154 valence electrons. The first kappa shape index (κ1) is 20.9. The Labute approximate surface area is 174 Å². The summed E-state index contributed by atoms with van der Waals surface area (Å²) in [4.78, 5) is 26.4. The molecule has 3 rings (SSSR count). The summed E-state index contributed by atoms with van der Waals surface area (Å²) in [5.74, 6) is -0.0405. The molecule has 1 aliphatic carbocycles. The van der Waals surface area contributed by atoms with E-state index in [9.17, 15) is 9.59 Å². The van der Waals surface area contributed by atoms with Crippen molar-refractivity contribution >= 4 is 29.6 Å². The predicted molar refractivity (Wildman–Crippen MR) is 110 cm³/mol. The van der Waals surface area contributed by atoms with E-state index < -0.39 is 5.97 Å². The number of aromatic nitrogens is 2. The monoisotopic (exact) mass is 417 g/mol. The number of halogens is 1. The largest absolute Gasteiger partial charge is 0.497 e. The van der Waals surface area contributed by atoms with Gasteiger partial charge in [-0.2, -0.15) is 5.10 Å². The van der Waals surface area contributed by atoms with Crippen molar-refractivity contribution < 1.29 is 19.1 Å². The van der Waals surface area contributed by atoms with E-state index >= 15 is 0 Å². The van der Waals surface area contributed by atoms with Crippen LogP contribution in [-0.4, -0.2) is 46.3 Å². The highest BCUT2D eigenvalue weighted by Crippen LogP contribution is 2.29. The number of rotatable bonds is 8. The van der Waals surface area contributed by atoms with Crippen LogP contribution in [0.4, 0.5) is 0 Å². The van der Waals surface area contributed by atoms with Gasteiger partial charge in [0.2, 0.25) is 0 Å². The fourth-order valence-corrected chi connectivity index (χ4v) is 3.22. The molecule has 8 heteroatoms. The van der Waals surface area contributed by atoms with Gasteiger partial charge in [-0.05, 0) is 43.5 Å². The number of aryl methyl sites for hydroxylation is 2. The summed E-state index contributed by atoms with van der Waals surface area (Å²) in [6.07, 6.45) is 4.74. The van der Waals surface area contributed by atoms with Crippen molar-refractivity contribution in [3.63, 3.8) is 0 Å². The molecule has 1 fully saturated rings. The normalized spacial score (nSPS) is 13.5. The Morgan fingerprint density at radius 1 is 1.31 bits per heavy atom. The van der Waals surface area contributed by atoms with Crippen molar-refractivity contribution in [3.05, 3.63) is 52.3 Å². The molecule has 0 N–H and O–H groups in total. The van der Waals surface area contributed by atoms with Crippen LogP contribution in [0.1, 0.15) is 29.7 Å². The van der Waals surface area contributed by atoms with E-state index in [1.807, 2.05) is 24.3 Å². The van der Waals surface area contributed by atoms with E-state index in [2.05, 4.69) is 5.10 Å². The van der Waals surface area contributed by atoms with Crippen molar-refractivity contribution in [2.24, 2.45) is 7.05 Å². The van der Waals surface area contributed by atoms with E-state index in [0.717, 1.165) is 24.2 Å². The summed E-state index contributed by atoms with van der Waals surface area (Å²) >= 11 is 6.13. The van der Waals surface area contributed by atoms with Gasteiger partial charge in [0, 0.05) is 31.3 Å². The Balaban J connectivity index is 1.55. The highest BCUT2D eigenvalue weighted by Gasteiger charge is 2.32. The zero-order chi connectivity index (χ0) is 21.0. The summed E-state index contributed by atoms with van der Waals surface area (Å²) in [5.41, 5.74) is 2.35. The lowest BCUT2D eigenvalue weighted by Gasteiger charge is -2.22. The number of benzene rings is 1. The number of amides is 1. The summed E-state index contributed by atoms with van der Waals surface area (Å²) < 4.78 is 11.8. The lowest BCUT2D eigenvalue weighted by molar-refractivity contribution is -0.148. The lowest BCUT2D eigenvalue weighted by atomic mass is 10.2. The SMILES string of the molecule is COc1ccc(CN(C(=O)COC(=O)/C=C/c2c(C)nn(C)c2Cl)C2CC2)cc1. The molecular weight excluding hydrogens is 394 g/mol. The number of ether oxygens (including phenoxy) is 2. The van der Waals surface area contributed by atoms with Crippen LogP contribution in [0.2, 0.25) is 5.15 Å². The summed E-state index contributed by atoms with van der Waals surface area (Å²) in [7, 11) is 3.33. The van der Waals surface area contributed by atoms with Crippen LogP contribution in [0.3, 0.4) is 0 Å². The minimum Gasteiger partial charge on any atom is -0.497 e. The van der Waals surface area contributed by atoms with Crippen molar-refractivity contribution in [2.75, 3.05) is 13.7 Å². The number of carbonyl (C=O) groups excluding carboxylic acids is 2. The van der Waals surface area contributed by atoms with Crippen molar-refractivity contribution in [3.8, 4) is 5.75 Å². The molecule has 0 aliphatic heterocycles. The number of hydrogen-bond acceptors (Lipinski definition) is 5. The second kappa shape index (κ2) is 9.13. The molecule has 0 unspecified atom stereocenters. The number of hydrogen-bond donors (Lipinski definition) is 0. The molecule has 0 radical (unpaired) electrons. The Bertz CT molecular complexity index is 917. The third-order valence-corrected chi connectivity index (χ3v) is 5.19. The van der Waals surface area contributed by atoms with E-state index in [-0.39, 0.29) is 18.6 Å². The van der Waals surface area contributed by atoms with Crippen LogP contribution < -0.4 is 4.74 Å². The van der Waals surface area contributed by atoms with Crippen molar-refractivity contribution in [1.29, 1.82) is 0 Å². The van der Waals surface area contributed by atoms with Gasteiger partial charge < -0.3 is 14.4 Å². The predicted octanol–water partition coefficient (Wildman–Crippen LogP) is 3.14. The highest BCUT2D eigenvalue weighted by molar-refractivity contribution is 6.31. The van der Waals surface area contributed by atoms with Crippen LogP contribution in [0.5, 0.6) is 5.75 Å². The first-order valence-electron chi connectivity index (χ1n) is 9.35. The molecule has 1 aromatic carbocycles. The van der Waals surface area contributed by atoms with Gasteiger partial charge >= 0.3 is 5.97 Å². The van der Waals surface area contributed by atoms with Gasteiger partial charge in [-0.15, -0.1) is 0 Å². The number of carbonyl (C=O) groups is 2. The molecule has 1 aliphatic rings. The molecule has 2 aromatic rings. The smallest absolute Gasteiger partial charge is 0.331 e. The molecule has 7 nitrogen and oxygen atoms in total. The van der Waals surface area contributed by atoms with E-state index in [0.29, 0.717) is 23.0 Å². The van der Waals surface area contributed by atoms with Gasteiger partial charge in [-0.3, -0.25) is 9.48 Å². The molecular formula is C21H24ClN3O4. The zero-order valence-corrected chi connectivity index (χ0v) is 17.5. The average Bonchev–Trinajstić information content (AvgIpc) is 3.52. The molecule has 0 saturated heterocycles. The Kier molecular flexibility index (Phi) is 6.59.